The lowest BCUT2D eigenvalue weighted by molar-refractivity contribution is -0.188. The number of rotatable bonds is 11. The van der Waals surface area contributed by atoms with Crippen LogP contribution in [0, 0.1) is 17.0 Å². The SMILES string of the molecule is C[Si](C)(C)CCOCn1cc(C(F)(F)F)c2c(Oc3c(F)cc(NC(=O)NCCN4CC5(COC5)C4)cc3F)ccnc21. The van der Waals surface area contributed by atoms with Gasteiger partial charge in [-0.25, -0.2) is 18.6 Å². The Balaban J connectivity index is 1.26. The van der Waals surface area contributed by atoms with E-state index >= 15 is 0 Å². The molecule has 2 aliphatic rings. The zero-order valence-corrected chi connectivity index (χ0v) is 25.1. The fourth-order valence-corrected chi connectivity index (χ4v) is 5.86. The summed E-state index contributed by atoms with van der Waals surface area (Å²) in [5, 5.41) is 4.54. The number of hydrogen-bond acceptors (Lipinski definition) is 6. The molecular weight excluding hydrogens is 593 g/mol. The van der Waals surface area contributed by atoms with E-state index in [1.807, 2.05) is 0 Å². The lowest BCUT2D eigenvalue weighted by Crippen LogP contribution is -2.66. The second-order valence-corrected chi connectivity index (χ2v) is 17.9. The zero-order valence-electron chi connectivity index (χ0n) is 24.1. The number of hydrogen-bond donors (Lipinski definition) is 2. The van der Waals surface area contributed by atoms with E-state index in [2.05, 4.69) is 40.2 Å². The van der Waals surface area contributed by atoms with Gasteiger partial charge in [0.05, 0.1) is 24.2 Å². The van der Waals surface area contributed by atoms with Crippen LogP contribution in [0.3, 0.4) is 0 Å². The Labute approximate surface area is 246 Å². The molecule has 5 rings (SSSR count). The van der Waals surface area contributed by atoms with Gasteiger partial charge in [0, 0.05) is 76.5 Å². The van der Waals surface area contributed by atoms with Gasteiger partial charge in [0.15, 0.2) is 17.4 Å². The van der Waals surface area contributed by atoms with Gasteiger partial charge < -0.3 is 34.3 Å². The van der Waals surface area contributed by atoms with Crippen molar-refractivity contribution in [2.24, 2.45) is 5.41 Å². The second kappa shape index (κ2) is 12.0. The normalized spacial score (nSPS) is 16.7. The number of alkyl halides is 3. The molecule has 2 amide bonds. The number of fused-ring (bicyclic) bond motifs is 1. The van der Waals surface area contributed by atoms with E-state index in [4.69, 9.17) is 14.2 Å². The molecule has 0 aliphatic carbocycles. The van der Waals surface area contributed by atoms with E-state index in [1.165, 1.54) is 10.8 Å². The minimum Gasteiger partial charge on any atom is -0.450 e. The largest absolute Gasteiger partial charge is 0.450 e. The molecule has 3 aromatic rings. The number of carbonyl (C=O) groups is 1. The fourth-order valence-electron chi connectivity index (χ4n) is 5.10. The standard InChI is InChI=1S/C28H34F5N5O4Si/c1-43(2,3)9-8-40-17-38-12-19(28(31,32)33)23-22(4-5-34-25(23)38)42-24-20(29)10-18(11-21(24)30)36-26(39)35-6-7-37-13-27(14-37)15-41-16-27/h4-5,10-12H,6-9,13-17H2,1-3H3,(H2,35,36,39). The van der Waals surface area contributed by atoms with E-state index in [0.717, 1.165) is 56.7 Å². The van der Waals surface area contributed by atoms with Gasteiger partial charge in [-0.15, -0.1) is 0 Å². The monoisotopic (exact) mass is 627 g/mol. The van der Waals surface area contributed by atoms with Gasteiger partial charge in [-0.2, -0.15) is 13.2 Å². The molecule has 1 aromatic carbocycles. The quantitative estimate of drug-likeness (QED) is 0.157. The Kier molecular flexibility index (Phi) is 8.71. The van der Waals surface area contributed by atoms with Crippen LogP contribution in [-0.4, -0.2) is 74.6 Å². The van der Waals surface area contributed by atoms with Crippen LogP contribution < -0.4 is 15.4 Å². The molecule has 234 valence electrons. The van der Waals surface area contributed by atoms with E-state index in [-0.39, 0.29) is 23.5 Å². The number of pyridine rings is 1. The first-order chi connectivity index (χ1) is 20.2. The van der Waals surface area contributed by atoms with Crippen molar-refractivity contribution in [1.29, 1.82) is 0 Å². The number of amides is 2. The number of nitrogens with one attached hydrogen (secondary N) is 2. The molecule has 0 bridgehead atoms. The van der Waals surface area contributed by atoms with Crippen LogP contribution in [0.5, 0.6) is 11.5 Å². The third kappa shape index (κ3) is 7.28. The molecule has 0 unspecified atom stereocenters. The molecule has 0 radical (unpaired) electrons. The van der Waals surface area contributed by atoms with Crippen molar-refractivity contribution in [3.05, 3.63) is 47.8 Å². The summed E-state index contributed by atoms with van der Waals surface area (Å²) in [6, 6.07) is 2.92. The summed E-state index contributed by atoms with van der Waals surface area (Å²) in [6.45, 7) is 10.9. The maximum absolute atomic E-state index is 15.0. The smallest absolute Gasteiger partial charge is 0.418 e. The van der Waals surface area contributed by atoms with Crippen LogP contribution in [0.4, 0.5) is 32.4 Å². The van der Waals surface area contributed by atoms with Crippen LogP contribution in [-0.2, 0) is 22.4 Å². The van der Waals surface area contributed by atoms with Crippen molar-refractivity contribution in [3.8, 4) is 11.5 Å². The molecule has 2 aromatic heterocycles. The third-order valence-corrected chi connectivity index (χ3v) is 9.07. The van der Waals surface area contributed by atoms with E-state index < -0.39 is 54.4 Å². The summed E-state index contributed by atoms with van der Waals surface area (Å²) in [5.41, 5.74) is -1.12. The lowest BCUT2D eigenvalue weighted by Gasteiger charge is -2.55. The van der Waals surface area contributed by atoms with Crippen molar-refractivity contribution < 1.29 is 41.0 Å². The summed E-state index contributed by atoms with van der Waals surface area (Å²) in [7, 11) is -1.42. The van der Waals surface area contributed by atoms with Gasteiger partial charge in [-0.1, -0.05) is 19.6 Å². The molecule has 43 heavy (non-hydrogen) atoms. The van der Waals surface area contributed by atoms with E-state index in [9.17, 15) is 26.7 Å². The van der Waals surface area contributed by atoms with Crippen molar-refractivity contribution in [2.45, 2.75) is 38.6 Å². The molecule has 4 heterocycles. The molecule has 2 fully saturated rings. The van der Waals surface area contributed by atoms with Crippen molar-refractivity contribution in [1.82, 2.24) is 19.8 Å². The van der Waals surface area contributed by atoms with E-state index in [0.29, 0.717) is 19.7 Å². The minimum atomic E-state index is -4.80. The Morgan fingerprint density at radius 3 is 2.47 bits per heavy atom. The summed E-state index contributed by atoms with van der Waals surface area (Å²) in [6.07, 6.45) is -2.77. The number of aromatic nitrogens is 2. The van der Waals surface area contributed by atoms with Gasteiger partial charge in [-0.3, -0.25) is 0 Å². The van der Waals surface area contributed by atoms with E-state index in [1.54, 1.807) is 0 Å². The van der Waals surface area contributed by atoms with Gasteiger partial charge in [0.1, 0.15) is 18.1 Å². The highest BCUT2D eigenvalue weighted by Crippen LogP contribution is 2.42. The van der Waals surface area contributed by atoms with Crippen molar-refractivity contribution >= 4 is 30.8 Å². The van der Waals surface area contributed by atoms with Crippen molar-refractivity contribution in [2.75, 3.05) is 51.3 Å². The Bertz CT molecular complexity index is 1460. The first-order valence-electron chi connectivity index (χ1n) is 13.9. The molecule has 2 N–H and O–H groups in total. The highest BCUT2D eigenvalue weighted by atomic mass is 28.3. The molecule has 0 saturated carbocycles. The lowest BCUT2D eigenvalue weighted by atomic mass is 9.78. The van der Waals surface area contributed by atoms with Crippen LogP contribution in [0.15, 0.2) is 30.6 Å². The molecule has 2 saturated heterocycles. The number of likely N-dealkylation sites (tertiary alicyclic amines) is 1. The number of urea groups is 1. The number of anilines is 1. The summed E-state index contributed by atoms with van der Waals surface area (Å²) in [5.74, 6) is -3.78. The zero-order chi connectivity index (χ0) is 31.0. The van der Waals surface area contributed by atoms with Gasteiger partial charge in [0.2, 0.25) is 0 Å². The van der Waals surface area contributed by atoms with Crippen LogP contribution in [0.2, 0.25) is 25.7 Å². The number of halogens is 5. The van der Waals surface area contributed by atoms with Gasteiger partial charge >= 0.3 is 12.2 Å². The molecule has 9 nitrogen and oxygen atoms in total. The molecule has 2 aliphatic heterocycles. The average Bonchev–Trinajstić information content (AvgIpc) is 3.24. The molecule has 1 spiro atoms. The van der Waals surface area contributed by atoms with Crippen LogP contribution >= 0.6 is 0 Å². The first kappa shape index (κ1) is 31.2. The predicted octanol–water partition coefficient (Wildman–Crippen LogP) is 5.89. The number of benzene rings is 1. The van der Waals surface area contributed by atoms with Crippen LogP contribution in [0.25, 0.3) is 11.0 Å². The first-order valence-corrected chi connectivity index (χ1v) is 17.6. The Morgan fingerprint density at radius 2 is 1.86 bits per heavy atom. The third-order valence-electron chi connectivity index (χ3n) is 7.37. The predicted molar refractivity (Wildman–Crippen MR) is 152 cm³/mol. The fraction of sp³-hybridized carbons (Fsp3) is 0.500. The summed E-state index contributed by atoms with van der Waals surface area (Å²) in [4.78, 5) is 18.5. The Hall–Kier alpha value is -3.27. The van der Waals surface area contributed by atoms with Gasteiger partial charge in [-0.05, 0) is 12.1 Å². The topological polar surface area (TPSA) is 89.9 Å². The number of ether oxygens (including phenoxy) is 3. The number of carbonyl (C=O) groups excluding carboxylic acids is 1. The molecular formula is C28H34F5N5O4Si. The molecule has 0 atom stereocenters. The Morgan fingerprint density at radius 1 is 1.16 bits per heavy atom. The highest BCUT2D eigenvalue weighted by Gasteiger charge is 2.48. The van der Waals surface area contributed by atoms with Crippen LogP contribution in [0.1, 0.15) is 5.56 Å². The van der Waals surface area contributed by atoms with Gasteiger partial charge in [0.25, 0.3) is 0 Å². The minimum absolute atomic E-state index is 0.108. The highest BCUT2D eigenvalue weighted by molar-refractivity contribution is 6.76. The van der Waals surface area contributed by atoms with Crippen molar-refractivity contribution in [3.63, 3.8) is 0 Å². The maximum Gasteiger partial charge on any atom is 0.418 e. The maximum atomic E-state index is 15.0. The summed E-state index contributed by atoms with van der Waals surface area (Å²) >= 11 is 0. The summed E-state index contributed by atoms with van der Waals surface area (Å²) < 4.78 is 89.4. The average molecular weight is 628 g/mol. The second-order valence-electron chi connectivity index (χ2n) is 12.3. The number of nitrogens with zero attached hydrogens (tertiary/aromatic N) is 3. The molecule has 15 heteroatoms.